The third-order valence-corrected chi connectivity index (χ3v) is 3.92. The molecule has 1 aromatic rings. The van der Waals surface area contributed by atoms with Crippen molar-refractivity contribution in [3.63, 3.8) is 0 Å². The van der Waals surface area contributed by atoms with E-state index >= 15 is 0 Å². The van der Waals surface area contributed by atoms with E-state index < -0.39 is 0 Å². The van der Waals surface area contributed by atoms with Crippen molar-refractivity contribution in [1.29, 1.82) is 0 Å². The first-order valence-corrected chi connectivity index (χ1v) is 7.47. The highest BCUT2D eigenvalue weighted by molar-refractivity contribution is 9.10. The molecule has 1 atom stereocenters. The summed E-state index contributed by atoms with van der Waals surface area (Å²) in [6.45, 7) is 8.57. The Morgan fingerprint density at radius 2 is 2.06 bits per heavy atom. The Hall–Kier alpha value is -0.410. The standard InChI is InChI=1S/C15H23BrFN/c1-4-18-10-12(8-11(2)3)9-13-6-5-7-14(17)15(13)16/h5-7,11-12,18H,4,8-10H2,1-3H3. The molecular formula is C15H23BrFN. The van der Waals surface area contributed by atoms with Gasteiger partial charge in [-0.05, 0) is 65.3 Å². The second-order valence-electron chi connectivity index (χ2n) is 5.22. The van der Waals surface area contributed by atoms with E-state index in [0.717, 1.165) is 31.5 Å². The molecule has 1 unspecified atom stereocenters. The largest absolute Gasteiger partial charge is 0.317 e. The Bertz CT molecular complexity index is 366. The number of rotatable bonds is 7. The average Bonchev–Trinajstić information content (AvgIpc) is 2.31. The lowest BCUT2D eigenvalue weighted by Crippen LogP contribution is -2.25. The molecule has 0 heterocycles. The summed E-state index contributed by atoms with van der Waals surface area (Å²) in [5, 5.41) is 3.40. The van der Waals surface area contributed by atoms with E-state index in [1.165, 1.54) is 6.07 Å². The molecule has 0 aliphatic carbocycles. The van der Waals surface area contributed by atoms with Crippen LogP contribution in [0.15, 0.2) is 22.7 Å². The van der Waals surface area contributed by atoms with E-state index in [1.54, 1.807) is 6.07 Å². The SMILES string of the molecule is CCNCC(Cc1cccc(F)c1Br)CC(C)C. The highest BCUT2D eigenvalue weighted by Crippen LogP contribution is 2.25. The van der Waals surface area contributed by atoms with Crippen molar-refractivity contribution in [2.24, 2.45) is 11.8 Å². The number of halogens is 2. The molecule has 0 bridgehead atoms. The van der Waals surface area contributed by atoms with Gasteiger partial charge in [0.15, 0.2) is 0 Å². The lowest BCUT2D eigenvalue weighted by molar-refractivity contribution is 0.387. The Morgan fingerprint density at radius 3 is 2.67 bits per heavy atom. The Labute approximate surface area is 118 Å². The Kier molecular flexibility index (Phi) is 6.87. The van der Waals surface area contributed by atoms with Gasteiger partial charge in [-0.3, -0.25) is 0 Å². The molecule has 0 fully saturated rings. The van der Waals surface area contributed by atoms with Crippen molar-refractivity contribution in [3.05, 3.63) is 34.1 Å². The molecule has 0 aromatic heterocycles. The summed E-state index contributed by atoms with van der Waals surface area (Å²) in [4.78, 5) is 0. The van der Waals surface area contributed by atoms with E-state index in [-0.39, 0.29) is 5.82 Å². The molecule has 1 nitrogen and oxygen atoms in total. The van der Waals surface area contributed by atoms with Crippen molar-refractivity contribution in [1.82, 2.24) is 5.32 Å². The van der Waals surface area contributed by atoms with Crippen LogP contribution in [0.4, 0.5) is 4.39 Å². The molecule has 0 aliphatic rings. The summed E-state index contributed by atoms with van der Waals surface area (Å²) in [6, 6.07) is 5.29. The molecule has 0 saturated carbocycles. The number of nitrogens with one attached hydrogen (secondary N) is 1. The third-order valence-electron chi connectivity index (χ3n) is 3.03. The highest BCUT2D eigenvalue weighted by atomic mass is 79.9. The van der Waals surface area contributed by atoms with Crippen LogP contribution in [0.1, 0.15) is 32.8 Å². The average molecular weight is 316 g/mol. The summed E-state index contributed by atoms with van der Waals surface area (Å²) in [7, 11) is 0. The second-order valence-corrected chi connectivity index (χ2v) is 6.01. The predicted molar refractivity (Wildman–Crippen MR) is 79.3 cm³/mol. The van der Waals surface area contributed by atoms with E-state index in [2.05, 4.69) is 42.0 Å². The van der Waals surface area contributed by atoms with E-state index in [1.807, 2.05) is 6.07 Å². The second kappa shape index (κ2) is 7.90. The number of hydrogen-bond donors (Lipinski definition) is 1. The van der Waals surface area contributed by atoms with Crippen LogP contribution in [-0.4, -0.2) is 13.1 Å². The van der Waals surface area contributed by atoms with Crippen molar-refractivity contribution >= 4 is 15.9 Å². The Morgan fingerprint density at radius 1 is 1.33 bits per heavy atom. The zero-order valence-electron chi connectivity index (χ0n) is 11.5. The third kappa shape index (κ3) is 5.07. The minimum atomic E-state index is -0.167. The summed E-state index contributed by atoms with van der Waals surface area (Å²) in [6.07, 6.45) is 2.08. The monoisotopic (exact) mass is 315 g/mol. The van der Waals surface area contributed by atoms with Crippen molar-refractivity contribution in [2.75, 3.05) is 13.1 Å². The Balaban J connectivity index is 2.72. The molecule has 1 rings (SSSR count). The molecule has 3 heteroatoms. The van der Waals surface area contributed by atoms with Crippen LogP contribution in [0.3, 0.4) is 0 Å². The minimum absolute atomic E-state index is 0.167. The maximum Gasteiger partial charge on any atom is 0.137 e. The van der Waals surface area contributed by atoms with Gasteiger partial charge in [-0.1, -0.05) is 32.9 Å². The van der Waals surface area contributed by atoms with Gasteiger partial charge in [0.05, 0.1) is 4.47 Å². The van der Waals surface area contributed by atoms with Crippen LogP contribution in [-0.2, 0) is 6.42 Å². The molecule has 0 saturated heterocycles. The topological polar surface area (TPSA) is 12.0 Å². The molecule has 102 valence electrons. The van der Waals surface area contributed by atoms with Crippen molar-refractivity contribution in [2.45, 2.75) is 33.6 Å². The van der Waals surface area contributed by atoms with Gasteiger partial charge >= 0.3 is 0 Å². The zero-order valence-corrected chi connectivity index (χ0v) is 13.1. The number of benzene rings is 1. The first-order valence-electron chi connectivity index (χ1n) is 6.68. The molecular weight excluding hydrogens is 293 g/mol. The van der Waals surface area contributed by atoms with Gasteiger partial charge in [0.25, 0.3) is 0 Å². The smallest absolute Gasteiger partial charge is 0.137 e. The zero-order chi connectivity index (χ0) is 13.5. The molecule has 1 N–H and O–H groups in total. The summed E-state index contributed by atoms with van der Waals surface area (Å²) in [5.74, 6) is 1.06. The first kappa shape index (κ1) is 15.6. The highest BCUT2D eigenvalue weighted by Gasteiger charge is 2.14. The van der Waals surface area contributed by atoms with Gasteiger partial charge in [-0.15, -0.1) is 0 Å². The van der Waals surface area contributed by atoms with E-state index in [4.69, 9.17) is 0 Å². The van der Waals surface area contributed by atoms with Gasteiger partial charge in [-0.25, -0.2) is 4.39 Å². The van der Waals surface area contributed by atoms with Crippen LogP contribution in [0.25, 0.3) is 0 Å². The quantitative estimate of drug-likeness (QED) is 0.786. The first-order chi connectivity index (χ1) is 8.54. The van der Waals surface area contributed by atoms with Gasteiger partial charge in [0.1, 0.15) is 5.82 Å². The molecule has 18 heavy (non-hydrogen) atoms. The fourth-order valence-electron chi connectivity index (χ4n) is 2.27. The minimum Gasteiger partial charge on any atom is -0.317 e. The fourth-order valence-corrected chi connectivity index (χ4v) is 2.70. The van der Waals surface area contributed by atoms with Gasteiger partial charge < -0.3 is 5.32 Å². The summed E-state index contributed by atoms with van der Waals surface area (Å²) >= 11 is 3.35. The van der Waals surface area contributed by atoms with E-state index in [0.29, 0.717) is 16.3 Å². The van der Waals surface area contributed by atoms with Crippen molar-refractivity contribution in [3.8, 4) is 0 Å². The summed E-state index contributed by atoms with van der Waals surface area (Å²) < 4.78 is 14.1. The number of hydrogen-bond acceptors (Lipinski definition) is 1. The van der Waals surface area contributed by atoms with Crippen LogP contribution in [0, 0.1) is 17.7 Å². The van der Waals surface area contributed by atoms with Crippen LogP contribution in [0.5, 0.6) is 0 Å². The summed E-state index contributed by atoms with van der Waals surface area (Å²) in [5.41, 5.74) is 1.07. The van der Waals surface area contributed by atoms with E-state index in [9.17, 15) is 4.39 Å². The molecule has 0 aliphatic heterocycles. The lowest BCUT2D eigenvalue weighted by Gasteiger charge is -2.20. The van der Waals surface area contributed by atoms with Gasteiger partial charge in [-0.2, -0.15) is 0 Å². The lowest BCUT2D eigenvalue weighted by atomic mass is 9.91. The molecule has 1 aromatic carbocycles. The van der Waals surface area contributed by atoms with Gasteiger partial charge in [0, 0.05) is 0 Å². The van der Waals surface area contributed by atoms with Crippen LogP contribution < -0.4 is 5.32 Å². The maximum atomic E-state index is 13.5. The molecule has 0 spiro atoms. The predicted octanol–water partition coefficient (Wildman–Crippen LogP) is 4.40. The van der Waals surface area contributed by atoms with Crippen LogP contribution in [0.2, 0.25) is 0 Å². The van der Waals surface area contributed by atoms with Crippen LogP contribution >= 0.6 is 15.9 Å². The van der Waals surface area contributed by atoms with Gasteiger partial charge in [0.2, 0.25) is 0 Å². The maximum absolute atomic E-state index is 13.5. The normalized spacial score (nSPS) is 13.0. The molecule has 0 amide bonds. The van der Waals surface area contributed by atoms with Crippen molar-refractivity contribution < 1.29 is 4.39 Å². The molecule has 0 radical (unpaired) electrons. The fraction of sp³-hybridized carbons (Fsp3) is 0.600.